The minimum Gasteiger partial charge on any atom is -0.490 e. The van der Waals surface area contributed by atoms with Gasteiger partial charge in [-0.2, -0.15) is 0 Å². The van der Waals surface area contributed by atoms with Crippen molar-refractivity contribution < 1.29 is 4.74 Å². The Morgan fingerprint density at radius 2 is 1.86 bits per heavy atom. The molecule has 2 aliphatic rings. The molecule has 0 radical (unpaired) electrons. The molecule has 0 spiro atoms. The molecular formula is C19H29NO. The second kappa shape index (κ2) is 5.31. The van der Waals surface area contributed by atoms with Crippen LogP contribution in [0.15, 0.2) is 24.3 Å². The van der Waals surface area contributed by atoms with Gasteiger partial charge in [-0.3, -0.25) is 0 Å². The second-order valence-corrected chi connectivity index (χ2v) is 8.29. The zero-order valence-electron chi connectivity index (χ0n) is 13.9. The molecule has 116 valence electrons. The van der Waals surface area contributed by atoms with Crippen LogP contribution in [0.1, 0.15) is 52.5 Å². The molecule has 1 aliphatic heterocycles. The lowest BCUT2D eigenvalue weighted by Crippen LogP contribution is -2.45. The molecule has 1 saturated carbocycles. The normalized spacial score (nSPS) is 24.3. The lowest BCUT2D eigenvalue weighted by Gasteiger charge is -2.35. The Labute approximate surface area is 129 Å². The Hall–Kier alpha value is -1.02. The van der Waals surface area contributed by atoms with Gasteiger partial charge in [0.15, 0.2) is 0 Å². The Balaban J connectivity index is 1.64. The van der Waals surface area contributed by atoms with E-state index < -0.39 is 0 Å². The molecule has 21 heavy (non-hydrogen) atoms. The third-order valence-electron chi connectivity index (χ3n) is 4.99. The fourth-order valence-corrected chi connectivity index (χ4v) is 3.52. The summed E-state index contributed by atoms with van der Waals surface area (Å²) in [5.41, 5.74) is 1.93. The van der Waals surface area contributed by atoms with Crippen LogP contribution in [0.25, 0.3) is 0 Å². The summed E-state index contributed by atoms with van der Waals surface area (Å²) in [5, 5.41) is 3.72. The van der Waals surface area contributed by atoms with Crippen LogP contribution in [-0.2, 0) is 6.42 Å². The van der Waals surface area contributed by atoms with Crippen molar-refractivity contribution in [2.24, 2.45) is 11.3 Å². The quantitative estimate of drug-likeness (QED) is 0.877. The van der Waals surface area contributed by atoms with E-state index in [0.717, 1.165) is 31.1 Å². The van der Waals surface area contributed by atoms with Gasteiger partial charge in [0.25, 0.3) is 0 Å². The molecule has 2 atom stereocenters. The van der Waals surface area contributed by atoms with Gasteiger partial charge in [-0.05, 0) is 63.0 Å². The van der Waals surface area contributed by atoms with Crippen LogP contribution >= 0.6 is 0 Å². The minimum atomic E-state index is 0.190. The molecule has 0 bridgehead atoms. The standard InChI is InChI=1S/C19H29NO/c1-18(2,3)20-13-19(4,15-9-10-15)12-16-11-14-7-5-6-8-17(14)21-16/h5-8,15-16,20H,9-13H2,1-4H3. The average molecular weight is 287 g/mol. The molecule has 2 unspecified atom stereocenters. The van der Waals surface area contributed by atoms with Gasteiger partial charge >= 0.3 is 0 Å². The highest BCUT2D eigenvalue weighted by molar-refractivity contribution is 5.37. The summed E-state index contributed by atoms with van der Waals surface area (Å²) in [6, 6.07) is 8.50. The Morgan fingerprint density at radius 1 is 1.14 bits per heavy atom. The molecule has 1 aliphatic carbocycles. The van der Waals surface area contributed by atoms with E-state index in [0.29, 0.717) is 11.5 Å². The fourth-order valence-electron chi connectivity index (χ4n) is 3.52. The molecule has 3 rings (SSSR count). The van der Waals surface area contributed by atoms with Crippen LogP contribution in [0.4, 0.5) is 0 Å². The van der Waals surface area contributed by atoms with E-state index in [1.807, 2.05) is 0 Å². The van der Waals surface area contributed by atoms with Crippen molar-refractivity contribution in [3.05, 3.63) is 29.8 Å². The van der Waals surface area contributed by atoms with Gasteiger partial charge in [-0.25, -0.2) is 0 Å². The van der Waals surface area contributed by atoms with E-state index in [1.165, 1.54) is 18.4 Å². The van der Waals surface area contributed by atoms with Crippen LogP contribution in [0.2, 0.25) is 0 Å². The summed E-state index contributed by atoms with van der Waals surface area (Å²) in [6.07, 6.45) is 5.38. The van der Waals surface area contributed by atoms with E-state index in [9.17, 15) is 0 Å². The van der Waals surface area contributed by atoms with E-state index >= 15 is 0 Å². The molecule has 1 heterocycles. The number of hydrogen-bond acceptors (Lipinski definition) is 2. The van der Waals surface area contributed by atoms with Gasteiger partial charge in [-0.1, -0.05) is 25.1 Å². The number of ether oxygens (including phenoxy) is 1. The van der Waals surface area contributed by atoms with E-state index in [2.05, 4.69) is 57.3 Å². The average Bonchev–Trinajstić information content (AvgIpc) is 3.17. The first kappa shape index (κ1) is 14.9. The fraction of sp³-hybridized carbons (Fsp3) is 0.684. The molecular weight excluding hydrogens is 258 g/mol. The summed E-state index contributed by atoms with van der Waals surface area (Å²) < 4.78 is 6.18. The monoisotopic (exact) mass is 287 g/mol. The van der Waals surface area contributed by atoms with E-state index in [-0.39, 0.29) is 5.54 Å². The van der Waals surface area contributed by atoms with E-state index in [1.54, 1.807) is 0 Å². The maximum atomic E-state index is 6.18. The zero-order chi connectivity index (χ0) is 15.1. The van der Waals surface area contributed by atoms with Crippen LogP contribution in [0.5, 0.6) is 5.75 Å². The number of benzene rings is 1. The van der Waals surface area contributed by atoms with Crippen molar-refractivity contribution in [2.45, 2.75) is 65.0 Å². The topological polar surface area (TPSA) is 21.3 Å². The number of fused-ring (bicyclic) bond motifs is 1. The van der Waals surface area contributed by atoms with Crippen LogP contribution in [-0.4, -0.2) is 18.2 Å². The molecule has 1 fully saturated rings. The maximum Gasteiger partial charge on any atom is 0.123 e. The first-order chi connectivity index (χ1) is 9.86. The van der Waals surface area contributed by atoms with Crippen LogP contribution in [0, 0.1) is 11.3 Å². The summed E-state index contributed by atoms with van der Waals surface area (Å²) in [4.78, 5) is 0. The Morgan fingerprint density at radius 3 is 2.48 bits per heavy atom. The maximum absolute atomic E-state index is 6.18. The SMILES string of the molecule is CC(C)(C)NCC(C)(CC1Cc2ccccc2O1)C1CC1. The highest BCUT2D eigenvalue weighted by Gasteiger charge is 2.44. The van der Waals surface area contributed by atoms with Gasteiger partial charge in [-0.15, -0.1) is 0 Å². The van der Waals surface area contributed by atoms with Crippen LogP contribution in [0.3, 0.4) is 0 Å². The predicted octanol–water partition coefficient (Wildman–Crippen LogP) is 4.18. The molecule has 1 N–H and O–H groups in total. The predicted molar refractivity (Wildman–Crippen MR) is 87.8 cm³/mol. The van der Waals surface area contributed by atoms with Crippen LogP contribution < -0.4 is 10.1 Å². The summed E-state index contributed by atoms with van der Waals surface area (Å²) in [5.74, 6) is 1.98. The minimum absolute atomic E-state index is 0.190. The smallest absolute Gasteiger partial charge is 0.123 e. The van der Waals surface area contributed by atoms with Crippen molar-refractivity contribution >= 4 is 0 Å². The van der Waals surface area contributed by atoms with Gasteiger partial charge in [0.05, 0.1) is 0 Å². The molecule has 2 nitrogen and oxygen atoms in total. The Kier molecular flexibility index (Phi) is 3.77. The largest absolute Gasteiger partial charge is 0.490 e. The lowest BCUT2D eigenvalue weighted by atomic mass is 9.78. The van der Waals surface area contributed by atoms with Crippen molar-refractivity contribution in [1.29, 1.82) is 0 Å². The number of nitrogens with one attached hydrogen (secondary N) is 1. The highest BCUT2D eigenvalue weighted by atomic mass is 16.5. The third-order valence-corrected chi connectivity index (χ3v) is 4.99. The molecule has 0 saturated heterocycles. The molecule has 0 aromatic heterocycles. The molecule has 1 aromatic carbocycles. The number of rotatable bonds is 5. The Bertz CT molecular complexity index is 476. The molecule has 1 aromatic rings. The lowest BCUT2D eigenvalue weighted by molar-refractivity contribution is 0.119. The first-order valence-electron chi connectivity index (χ1n) is 8.35. The second-order valence-electron chi connectivity index (χ2n) is 8.29. The summed E-state index contributed by atoms with van der Waals surface area (Å²) >= 11 is 0. The van der Waals surface area contributed by atoms with E-state index in [4.69, 9.17) is 4.74 Å². The third kappa shape index (κ3) is 3.60. The van der Waals surface area contributed by atoms with Gasteiger partial charge < -0.3 is 10.1 Å². The summed E-state index contributed by atoms with van der Waals surface area (Å²) in [7, 11) is 0. The van der Waals surface area contributed by atoms with Gasteiger partial charge in [0.2, 0.25) is 0 Å². The van der Waals surface area contributed by atoms with Crippen molar-refractivity contribution in [3.63, 3.8) is 0 Å². The number of para-hydroxylation sites is 1. The molecule has 0 amide bonds. The van der Waals surface area contributed by atoms with Gasteiger partial charge in [0.1, 0.15) is 11.9 Å². The van der Waals surface area contributed by atoms with Crippen molar-refractivity contribution in [1.82, 2.24) is 5.32 Å². The highest BCUT2D eigenvalue weighted by Crippen LogP contribution is 2.49. The van der Waals surface area contributed by atoms with Crippen molar-refractivity contribution in [3.8, 4) is 5.75 Å². The zero-order valence-corrected chi connectivity index (χ0v) is 13.9. The molecule has 2 heteroatoms. The summed E-state index contributed by atoms with van der Waals surface area (Å²) in [6.45, 7) is 10.3. The van der Waals surface area contributed by atoms with Gasteiger partial charge in [0, 0.05) is 18.5 Å². The first-order valence-corrected chi connectivity index (χ1v) is 8.35. The van der Waals surface area contributed by atoms with Crippen molar-refractivity contribution in [2.75, 3.05) is 6.54 Å². The number of hydrogen-bond donors (Lipinski definition) is 1.